The maximum atomic E-state index is 12.3. The van der Waals surface area contributed by atoms with Crippen molar-refractivity contribution in [2.75, 3.05) is 19.4 Å². The topological polar surface area (TPSA) is 66.5 Å². The van der Waals surface area contributed by atoms with Crippen LogP contribution in [0.1, 0.15) is 10.4 Å². The number of anilines is 1. The third kappa shape index (κ3) is 3.47. The molecule has 2 aromatic carbocycles. The highest BCUT2D eigenvalue weighted by atomic mass is 35.5. The summed E-state index contributed by atoms with van der Waals surface area (Å²) < 4.78 is 25.3. The van der Waals surface area contributed by atoms with Crippen LogP contribution in [-0.4, -0.2) is 32.7 Å². The predicted octanol–water partition coefficient (Wildman–Crippen LogP) is 2.84. The maximum Gasteiger partial charge on any atom is 0.257 e. The summed E-state index contributed by atoms with van der Waals surface area (Å²) in [6, 6.07) is 12.9. The van der Waals surface area contributed by atoms with Crippen LogP contribution in [0.15, 0.2) is 53.4 Å². The Bertz CT molecular complexity index is 790. The van der Waals surface area contributed by atoms with Crippen molar-refractivity contribution in [1.82, 2.24) is 4.31 Å². The van der Waals surface area contributed by atoms with Gasteiger partial charge in [-0.25, -0.2) is 12.7 Å². The Morgan fingerprint density at radius 1 is 1.09 bits per heavy atom. The second-order valence-electron chi connectivity index (χ2n) is 4.75. The summed E-state index contributed by atoms with van der Waals surface area (Å²) in [5.74, 6) is -0.466. The normalized spacial score (nSPS) is 11.5. The van der Waals surface area contributed by atoms with Crippen molar-refractivity contribution in [2.24, 2.45) is 0 Å². The van der Waals surface area contributed by atoms with Crippen LogP contribution in [-0.2, 0) is 10.0 Å². The summed E-state index contributed by atoms with van der Waals surface area (Å²) in [7, 11) is -0.779. The third-order valence-electron chi connectivity index (χ3n) is 2.99. The molecule has 0 radical (unpaired) electrons. The first-order chi connectivity index (χ1) is 10.3. The lowest BCUT2D eigenvalue weighted by Gasteiger charge is -2.13. The number of carbonyl (C=O) groups excluding carboxylic acids is 1. The lowest BCUT2D eigenvalue weighted by atomic mass is 10.2. The van der Waals surface area contributed by atoms with Crippen molar-refractivity contribution in [3.05, 3.63) is 59.1 Å². The van der Waals surface area contributed by atoms with E-state index in [1.165, 1.54) is 32.3 Å². The zero-order valence-electron chi connectivity index (χ0n) is 12.1. The second-order valence-corrected chi connectivity index (χ2v) is 7.31. The van der Waals surface area contributed by atoms with Gasteiger partial charge in [0.15, 0.2) is 0 Å². The minimum absolute atomic E-state index is 0.0140. The number of nitrogens with one attached hydrogen (secondary N) is 1. The average molecular weight is 339 g/mol. The number of sulfonamides is 1. The lowest BCUT2D eigenvalue weighted by Crippen LogP contribution is -2.23. The van der Waals surface area contributed by atoms with E-state index < -0.39 is 15.9 Å². The highest BCUT2D eigenvalue weighted by Crippen LogP contribution is 2.23. The number of para-hydroxylation sites is 1. The summed E-state index contributed by atoms with van der Waals surface area (Å²) in [5, 5.41) is 2.86. The Balaban J connectivity index is 2.37. The molecule has 0 bridgehead atoms. The molecular weight excluding hydrogens is 324 g/mol. The van der Waals surface area contributed by atoms with E-state index in [-0.39, 0.29) is 15.5 Å². The van der Waals surface area contributed by atoms with Gasteiger partial charge in [-0.1, -0.05) is 29.8 Å². The first kappa shape index (κ1) is 16.5. The van der Waals surface area contributed by atoms with Gasteiger partial charge in [0.05, 0.1) is 15.5 Å². The lowest BCUT2D eigenvalue weighted by molar-refractivity contribution is 0.102. The molecule has 0 saturated heterocycles. The number of amides is 1. The molecule has 2 aromatic rings. The fourth-order valence-electron chi connectivity index (χ4n) is 1.77. The van der Waals surface area contributed by atoms with Gasteiger partial charge in [-0.15, -0.1) is 0 Å². The van der Waals surface area contributed by atoms with Gasteiger partial charge in [0.1, 0.15) is 0 Å². The highest BCUT2D eigenvalue weighted by Gasteiger charge is 2.20. The van der Waals surface area contributed by atoms with Gasteiger partial charge in [-0.2, -0.15) is 0 Å². The third-order valence-corrected chi connectivity index (χ3v) is 5.13. The summed E-state index contributed by atoms with van der Waals surface area (Å²) >= 11 is 6.02. The quantitative estimate of drug-likeness (QED) is 0.932. The smallest absolute Gasteiger partial charge is 0.257 e. The van der Waals surface area contributed by atoms with E-state index in [1.54, 1.807) is 24.3 Å². The monoisotopic (exact) mass is 338 g/mol. The number of benzene rings is 2. The fourth-order valence-corrected chi connectivity index (χ4v) is 2.90. The van der Waals surface area contributed by atoms with Gasteiger partial charge in [0, 0.05) is 19.8 Å². The van der Waals surface area contributed by atoms with Crippen LogP contribution in [0.25, 0.3) is 0 Å². The summed E-state index contributed by atoms with van der Waals surface area (Å²) in [4.78, 5) is 12.3. The molecule has 116 valence electrons. The first-order valence-corrected chi connectivity index (χ1v) is 8.22. The van der Waals surface area contributed by atoms with Gasteiger partial charge in [0.25, 0.3) is 5.91 Å². The Morgan fingerprint density at radius 2 is 1.73 bits per heavy atom. The minimum atomic E-state index is -3.63. The molecule has 0 saturated carbocycles. The van der Waals surface area contributed by atoms with E-state index in [2.05, 4.69) is 5.32 Å². The molecule has 22 heavy (non-hydrogen) atoms. The molecule has 7 heteroatoms. The van der Waals surface area contributed by atoms with Crippen molar-refractivity contribution in [3.8, 4) is 0 Å². The van der Waals surface area contributed by atoms with Gasteiger partial charge < -0.3 is 5.32 Å². The van der Waals surface area contributed by atoms with Crippen LogP contribution in [0.5, 0.6) is 0 Å². The molecule has 0 fully saturated rings. The molecule has 0 aliphatic heterocycles. The van der Waals surface area contributed by atoms with Gasteiger partial charge in [0.2, 0.25) is 10.0 Å². The predicted molar refractivity (Wildman–Crippen MR) is 86.7 cm³/mol. The van der Waals surface area contributed by atoms with Crippen molar-refractivity contribution in [1.29, 1.82) is 0 Å². The van der Waals surface area contributed by atoms with Crippen LogP contribution in [0.3, 0.4) is 0 Å². The van der Waals surface area contributed by atoms with Crippen molar-refractivity contribution in [3.63, 3.8) is 0 Å². The van der Waals surface area contributed by atoms with E-state index >= 15 is 0 Å². The summed E-state index contributed by atoms with van der Waals surface area (Å²) in [6.07, 6.45) is 0. The first-order valence-electron chi connectivity index (χ1n) is 6.41. The molecule has 0 atom stereocenters. The van der Waals surface area contributed by atoms with E-state index in [9.17, 15) is 13.2 Å². The summed E-state index contributed by atoms with van der Waals surface area (Å²) in [6.45, 7) is 0. The zero-order valence-corrected chi connectivity index (χ0v) is 13.6. The molecular formula is C15H15ClN2O3S. The molecule has 0 aliphatic rings. The van der Waals surface area contributed by atoms with Gasteiger partial charge in [-0.3, -0.25) is 4.79 Å². The molecule has 0 heterocycles. The number of nitrogens with zero attached hydrogens (tertiary/aromatic N) is 1. The number of rotatable bonds is 4. The molecule has 1 N–H and O–H groups in total. The molecule has 0 aromatic heterocycles. The Labute approximate surface area is 134 Å². The largest absolute Gasteiger partial charge is 0.322 e. The second kappa shape index (κ2) is 6.48. The number of carbonyl (C=O) groups is 1. The maximum absolute atomic E-state index is 12.3. The van der Waals surface area contributed by atoms with Crippen LogP contribution < -0.4 is 5.32 Å². The van der Waals surface area contributed by atoms with Crippen molar-refractivity contribution in [2.45, 2.75) is 4.90 Å². The zero-order chi connectivity index (χ0) is 16.3. The number of hydrogen-bond acceptors (Lipinski definition) is 3. The summed E-state index contributed by atoms with van der Waals surface area (Å²) in [5.41, 5.74) is 0.706. The Morgan fingerprint density at radius 3 is 2.32 bits per heavy atom. The van der Waals surface area contributed by atoms with Gasteiger partial charge in [-0.05, 0) is 30.3 Å². The molecule has 5 nitrogen and oxygen atoms in total. The highest BCUT2D eigenvalue weighted by molar-refractivity contribution is 7.89. The molecule has 0 unspecified atom stereocenters. The number of hydrogen-bond donors (Lipinski definition) is 1. The minimum Gasteiger partial charge on any atom is -0.322 e. The number of halogens is 1. The Hall–Kier alpha value is -1.89. The SMILES string of the molecule is CN(C)S(=O)(=O)c1ccc(Cl)c(C(=O)Nc2ccccc2)c1. The van der Waals surface area contributed by atoms with Crippen LogP contribution in [0.2, 0.25) is 5.02 Å². The average Bonchev–Trinajstić information content (AvgIpc) is 2.48. The van der Waals surface area contributed by atoms with Gasteiger partial charge >= 0.3 is 0 Å². The van der Waals surface area contributed by atoms with E-state index in [0.717, 1.165) is 4.31 Å². The standard InChI is InChI=1S/C15H15ClN2O3S/c1-18(2)22(20,21)12-8-9-14(16)13(10-12)15(19)17-11-6-4-3-5-7-11/h3-10H,1-2H3,(H,17,19). The van der Waals surface area contributed by atoms with E-state index in [4.69, 9.17) is 11.6 Å². The van der Waals surface area contributed by atoms with E-state index in [1.807, 2.05) is 6.07 Å². The Kier molecular flexibility index (Phi) is 4.85. The van der Waals surface area contributed by atoms with E-state index in [0.29, 0.717) is 5.69 Å². The van der Waals surface area contributed by atoms with Crippen LogP contribution >= 0.6 is 11.6 Å². The fraction of sp³-hybridized carbons (Fsp3) is 0.133. The van der Waals surface area contributed by atoms with Crippen LogP contribution in [0, 0.1) is 0 Å². The van der Waals surface area contributed by atoms with Crippen molar-refractivity contribution >= 4 is 33.2 Å². The molecule has 0 spiro atoms. The van der Waals surface area contributed by atoms with Crippen LogP contribution in [0.4, 0.5) is 5.69 Å². The molecule has 1 amide bonds. The van der Waals surface area contributed by atoms with Crippen molar-refractivity contribution < 1.29 is 13.2 Å². The molecule has 0 aliphatic carbocycles. The molecule has 2 rings (SSSR count).